The minimum Gasteiger partial charge on any atom is -0.319 e. The highest BCUT2D eigenvalue weighted by atomic mass is 32.1. The molecule has 0 aliphatic carbocycles. The highest BCUT2D eigenvalue weighted by molar-refractivity contribution is 7.15. The Bertz CT molecular complexity index is 867. The van der Waals surface area contributed by atoms with Gasteiger partial charge in [0.05, 0.1) is 0 Å². The van der Waals surface area contributed by atoms with E-state index in [1.54, 1.807) is 12.1 Å². The van der Waals surface area contributed by atoms with Gasteiger partial charge in [0.25, 0.3) is 5.91 Å². The third-order valence-corrected chi connectivity index (χ3v) is 5.59. The van der Waals surface area contributed by atoms with E-state index in [0.29, 0.717) is 17.1 Å². The fourth-order valence-corrected chi connectivity index (χ4v) is 3.71. The molecular formula is C18H21N5O3S. The van der Waals surface area contributed by atoms with Gasteiger partial charge >= 0.3 is 6.03 Å². The Kier molecular flexibility index (Phi) is 5.22. The van der Waals surface area contributed by atoms with Gasteiger partial charge in [-0.25, -0.2) is 4.79 Å². The molecule has 9 heteroatoms. The smallest absolute Gasteiger partial charge is 0.319 e. The van der Waals surface area contributed by atoms with Gasteiger partial charge in [-0.2, -0.15) is 0 Å². The molecule has 2 N–H and O–H groups in total. The summed E-state index contributed by atoms with van der Waals surface area (Å²) in [5.74, 6) is -0.725. The maximum Gasteiger partial charge on any atom is 0.325 e. The molecule has 1 aromatic carbocycles. The molecule has 1 aromatic heterocycles. The number of nitrogens with one attached hydrogen (secondary N) is 2. The number of carbonyl (C=O) groups excluding carboxylic acids is 3. The van der Waals surface area contributed by atoms with Crippen LogP contribution in [0.25, 0.3) is 0 Å². The Hall–Kier alpha value is -2.81. The number of imide groups is 1. The highest BCUT2D eigenvalue weighted by Crippen LogP contribution is 2.32. The summed E-state index contributed by atoms with van der Waals surface area (Å²) in [5, 5.41) is 14.4. The van der Waals surface area contributed by atoms with Crippen molar-refractivity contribution >= 4 is 34.3 Å². The summed E-state index contributed by atoms with van der Waals surface area (Å²) in [4.78, 5) is 38.7. The average Bonchev–Trinajstić information content (AvgIpc) is 3.21. The Morgan fingerprint density at radius 2 is 1.96 bits per heavy atom. The lowest BCUT2D eigenvalue weighted by molar-refractivity contribution is -0.134. The number of carbonyl (C=O) groups is 3. The molecule has 2 aromatic rings. The minimum atomic E-state index is -1.15. The summed E-state index contributed by atoms with van der Waals surface area (Å²) in [6.45, 7) is 5.40. The molecule has 1 aliphatic rings. The van der Waals surface area contributed by atoms with Gasteiger partial charge in [0, 0.05) is 5.92 Å². The van der Waals surface area contributed by atoms with Crippen LogP contribution in [0, 0.1) is 0 Å². The molecule has 27 heavy (non-hydrogen) atoms. The predicted octanol–water partition coefficient (Wildman–Crippen LogP) is 2.46. The molecule has 8 nitrogen and oxygen atoms in total. The number of aromatic nitrogens is 2. The van der Waals surface area contributed by atoms with Crippen molar-refractivity contribution in [3.05, 3.63) is 40.9 Å². The van der Waals surface area contributed by atoms with Gasteiger partial charge in [-0.15, -0.1) is 10.2 Å². The number of amides is 4. The van der Waals surface area contributed by atoms with E-state index in [2.05, 4.69) is 20.8 Å². The van der Waals surface area contributed by atoms with Crippen LogP contribution >= 0.6 is 11.3 Å². The van der Waals surface area contributed by atoms with Gasteiger partial charge in [-0.3, -0.25) is 19.8 Å². The number of benzene rings is 1. The van der Waals surface area contributed by atoms with Crippen molar-refractivity contribution in [3.8, 4) is 0 Å². The van der Waals surface area contributed by atoms with Gasteiger partial charge in [-0.1, -0.05) is 62.4 Å². The molecule has 1 saturated heterocycles. The maximum absolute atomic E-state index is 13.0. The monoisotopic (exact) mass is 387 g/mol. The summed E-state index contributed by atoms with van der Waals surface area (Å²) >= 11 is 1.27. The first-order chi connectivity index (χ1) is 12.9. The van der Waals surface area contributed by atoms with Crippen LogP contribution in [0.2, 0.25) is 0 Å². The first kappa shape index (κ1) is 19.0. The Labute approximate surface area is 161 Å². The normalized spacial score (nSPS) is 19.5. The molecule has 4 amide bonds. The summed E-state index contributed by atoms with van der Waals surface area (Å²) in [6.07, 6.45) is 0.383. The van der Waals surface area contributed by atoms with Crippen molar-refractivity contribution < 1.29 is 14.4 Å². The fourth-order valence-electron chi connectivity index (χ4n) is 2.95. The Morgan fingerprint density at radius 3 is 2.56 bits per heavy atom. The van der Waals surface area contributed by atoms with E-state index in [0.717, 1.165) is 9.91 Å². The lowest BCUT2D eigenvalue weighted by atomic mass is 9.87. The van der Waals surface area contributed by atoms with E-state index in [1.165, 1.54) is 11.3 Å². The van der Waals surface area contributed by atoms with Crippen LogP contribution in [-0.4, -0.2) is 39.5 Å². The van der Waals surface area contributed by atoms with Crippen molar-refractivity contribution in [2.45, 2.75) is 38.6 Å². The van der Waals surface area contributed by atoms with E-state index in [1.807, 2.05) is 39.0 Å². The van der Waals surface area contributed by atoms with Gasteiger partial charge in [0.1, 0.15) is 17.1 Å². The van der Waals surface area contributed by atoms with Crippen LogP contribution in [0.1, 0.15) is 43.7 Å². The molecule has 0 saturated carbocycles. The standard InChI is InChI=1S/C18H21N5O3S/c1-4-18(12-8-6-5-7-9-12)15(25)23(17(26)20-18)10-13(24)19-16-22-21-14(27-16)11(2)3/h5-9,11H,4,10H2,1-3H3,(H,20,26)(H,19,22,24)/t18-/m1/s1. The summed E-state index contributed by atoms with van der Waals surface area (Å²) in [5.41, 5.74) is -0.453. The number of hydrogen-bond acceptors (Lipinski definition) is 6. The fraction of sp³-hybridized carbons (Fsp3) is 0.389. The molecule has 0 spiro atoms. The number of rotatable bonds is 6. The second kappa shape index (κ2) is 7.43. The van der Waals surface area contributed by atoms with Gasteiger partial charge in [-0.05, 0) is 12.0 Å². The van der Waals surface area contributed by atoms with Gasteiger partial charge in [0.15, 0.2) is 0 Å². The van der Waals surface area contributed by atoms with Crippen molar-refractivity contribution in [1.82, 2.24) is 20.4 Å². The molecule has 142 valence electrons. The molecule has 1 aliphatic heterocycles. The molecule has 0 radical (unpaired) electrons. The highest BCUT2D eigenvalue weighted by Gasteiger charge is 2.51. The first-order valence-electron chi connectivity index (χ1n) is 8.70. The number of hydrogen-bond donors (Lipinski definition) is 2. The lowest BCUT2D eigenvalue weighted by Gasteiger charge is -2.25. The second-order valence-corrected chi connectivity index (χ2v) is 7.60. The topological polar surface area (TPSA) is 104 Å². The van der Waals surface area contributed by atoms with Crippen LogP contribution in [0.3, 0.4) is 0 Å². The number of urea groups is 1. The van der Waals surface area contributed by atoms with E-state index in [9.17, 15) is 14.4 Å². The molecule has 0 bridgehead atoms. The molecule has 0 unspecified atom stereocenters. The van der Waals surface area contributed by atoms with Gasteiger partial charge in [0.2, 0.25) is 11.0 Å². The molecule has 1 fully saturated rings. The molecular weight excluding hydrogens is 366 g/mol. The summed E-state index contributed by atoms with van der Waals surface area (Å²) in [6, 6.07) is 8.46. The second-order valence-electron chi connectivity index (χ2n) is 6.59. The van der Waals surface area contributed by atoms with Crippen LogP contribution in [0.4, 0.5) is 9.93 Å². The lowest BCUT2D eigenvalue weighted by Crippen LogP contribution is -2.44. The average molecular weight is 387 g/mol. The quantitative estimate of drug-likeness (QED) is 0.741. The maximum atomic E-state index is 13.0. The van der Waals surface area contributed by atoms with Crippen molar-refractivity contribution in [2.75, 3.05) is 11.9 Å². The molecule has 3 rings (SSSR count). The molecule has 1 atom stereocenters. The zero-order valence-electron chi connectivity index (χ0n) is 15.4. The largest absolute Gasteiger partial charge is 0.325 e. The Balaban J connectivity index is 1.74. The SMILES string of the molecule is CC[C@]1(c2ccccc2)NC(=O)N(CC(=O)Nc2nnc(C(C)C)s2)C1=O. The van der Waals surface area contributed by atoms with Crippen LogP contribution in [0.15, 0.2) is 30.3 Å². The summed E-state index contributed by atoms with van der Waals surface area (Å²) < 4.78 is 0. The van der Waals surface area contributed by atoms with Crippen LogP contribution in [0.5, 0.6) is 0 Å². The van der Waals surface area contributed by atoms with E-state index < -0.39 is 23.4 Å². The van der Waals surface area contributed by atoms with E-state index >= 15 is 0 Å². The van der Waals surface area contributed by atoms with Crippen LogP contribution < -0.4 is 10.6 Å². The van der Waals surface area contributed by atoms with E-state index in [-0.39, 0.29) is 12.5 Å². The van der Waals surface area contributed by atoms with Crippen molar-refractivity contribution in [1.29, 1.82) is 0 Å². The minimum absolute atomic E-state index is 0.204. The van der Waals surface area contributed by atoms with Crippen molar-refractivity contribution in [3.63, 3.8) is 0 Å². The zero-order valence-corrected chi connectivity index (χ0v) is 16.2. The van der Waals surface area contributed by atoms with Gasteiger partial charge < -0.3 is 5.32 Å². The third-order valence-electron chi connectivity index (χ3n) is 4.46. The number of nitrogens with zero attached hydrogens (tertiary/aromatic N) is 3. The predicted molar refractivity (Wildman–Crippen MR) is 101 cm³/mol. The van der Waals surface area contributed by atoms with Crippen molar-refractivity contribution in [2.24, 2.45) is 0 Å². The molecule has 2 heterocycles. The Morgan fingerprint density at radius 1 is 1.26 bits per heavy atom. The summed E-state index contributed by atoms with van der Waals surface area (Å²) in [7, 11) is 0. The number of anilines is 1. The van der Waals surface area contributed by atoms with E-state index in [4.69, 9.17) is 0 Å². The third kappa shape index (κ3) is 3.55. The zero-order chi connectivity index (χ0) is 19.6. The first-order valence-corrected chi connectivity index (χ1v) is 9.52. The van der Waals surface area contributed by atoms with Crippen LogP contribution in [-0.2, 0) is 15.1 Å².